The second-order valence-corrected chi connectivity index (χ2v) is 3.79. The molecule has 2 aromatic rings. The van der Waals surface area contributed by atoms with E-state index in [4.69, 9.17) is 4.74 Å². The van der Waals surface area contributed by atoms with Crippen LogP contribution in [0.2, 0.25) is 0 Å². The van der Waals surface area contributed by atoms with Gasteiger partial charge in [-0.1, -0.05) is 12.1 Å². The monoisotopic (exact) mass is 244 g/mol. The van der Waals surface area contributed by atoms with Gasteiger partial charge in [0.15, 0.2) is 0 Å². The molecule has 0 radical (unpaired) electrons. The maximum atomic E-state index is 10.5. The molecule has 18 heavy (non-hydrogen) atoms. The molecule has 0 N–H and O–H groups in total. The highest BCUT2D eigenvalue weighted by molar-refractivity contribution is 5.32. The number of nitro groups is 1. The van der Waals surface area contributed by atoms with Crippen LogP contribution in [0.4, 0.5) is 5.69 Å². The first-order chi connectivity index (χ1) is 8.69. The van der Waals surface area contributed by atoms with Gasteiger partial charge in [0, 0.05) is 18.2 Å². The van der Waals surface area contributed by atoms with Crippen LogP contribution in [0.1, 0.15) is 11.3 Å². The fraction of sp³-hybridized carbons (Fsp3) is 0.154. The summed E-state index contributed by atoms with van der Waals surface area (Å²) in [5, 5.41) is 10.5. The zero-order chi connectivity index (χ0) is 13.0. The van der Waals surface area contributed by atoms with Gasteiger partial charge in [-0.25, -0.2) is 0 Å². The Bertz CT molecular complexity index is 535. The normalized spacial score (nSPS) is 10.1. The van der Waals surface area contributed by atoms with E-state index in [1.807, 2.05) is 24.3 Å². The molecule has 0 amide bonds. The van der Waals surface area contributed by atoms with Gasteiger partial charge >= 0.3 is 0 Å². The highest BCUT2D eigenvalue weighted by Crippen LogP contribution is 2.15. The molecule has 0 atom stereocenters. The molecule has 0 aliphatic carbocycles. The van der Waals surface area contributed by atoms with E-state index in [1.165, 1.54) is 12.3 Å². The standard InChI is InChI=1S/C13H12N2O3/c1-18-13-6-2-10(3-7-13)8-11-4-5-12(9-14-11)15(16)17/h2-7,9H,8H2,1H3. The third-order valence-corrected chi connectivity index (χ3v) is 2.56. The van der Waals surface area contributed by atoms with E-state index in [2.05, 4.69) is 4.98 Å². The predicted molar refractivity (Wildman–Crippen MR) is 66.7 cm³/mol. The van der Waals surface area contributed by atoms with Crippen molar-refractivity contribution < 1.29 is 9.66 Å². The molecule has 5 nitrogen and oxygen atoms in total. The van der Waals surface area contributed by atoms with Crippen LogP contribution in [0, 0.1) is 10.1 Å². The summed E-state index contributed by atoms with van der Waals surface area (Å²) in [4.78, 5) is 14.1. The van der Waals surface area contributed by atoms with E-state index in [-0.39, 0.29) is 5.69 Å². The Morgan fingerprint density at radius 1 is 1.22 bits per heavy atom. The number of nitrogens with zero attached hydrogens (tertiary/aromatic N) is 2. The second-order valence-electron chi connectivity index (χ2n) is 3.79. The fourth-order valence-electron chi connectivity index (χ4n) is 1.58. The number of benzene rings is 1. The zero-order valence-corrected chi connectivity index (χ0v) is 9.87. The molecule has 0 unspecified atom stereocenters. The number of aromatic nitrogens is 1. The molecule has 0 aliphatic heterocycles. The first kappa shape index (κ1) is 12.0. The zero-order valence-electron chi connectivity index (χ0n) is 9.87. The maximum Gasteiger partial charge on any atom is 0.287 e. The van der Waals surface area contributed by atoms with Crippen LogP contribution in [0.3, 0.4) is 0 Å². The second kappa shape index (κ2) is 5.27. The third kappa shape index (κ3) is 2.82. The van der Waals surface area contributed by atoms with Crippen LogP contribution in [0.15, 0.2) is 42.6 Å². The van der Waals surface area contributed by atoms with Gasteiger partial charge in [0.2, 0.25) is 0 Å². The van der Waals surface area contributed by atoms with Crippen LogP contribution in [-0.4, -0.2) is 17.0 Å². The topological polar surface area (TPSA) is 65.3 Å². The Labute approximate surface area is 104 Å². The lowest BCUT2D eigenvalue weighted by molar-refractivity contribution is -0.385. The molecule has 0 spiro atoms. The van der Waals surface area contributed by atoms with Crippen LogP contribution in [0.25, 0.3) is 0 Å². The Morgan fingerprint density at radius 3 is 2.44 bits per heavy atom. The Morgan fingerprint density at radius 2 is 1.94 bits per heavy atom. The fourth-order valence-corrected chi connectivity index (χ4v) is 1.58. The van der Waals surface area contributed by atoms with Gasteiger partial charge in [-0.2, -0.15) is 0 Å². The molecule has 2 rings (SSSR count). The van der Waals surface area contributed by atoms with E-state index < -0.39 is 4.92 Å². The van der Waals surface area contributed by atoms with Crippen molar-refractivity contribution in [1.29, 1.82) is 0 Å². The summed E-state index contributed by atoms with van der Waals surface area (Å²) in [6.45, 7) is 0. The van der Waals surface area contributed by atoms with Crippen LogP contribution < -0.4 is 4.74 Å². The highest BCUT2D eigenvalue weighted by Gasteiger charge is 2.05. The molecule has 0 aliphatic rings. The predicted octanol–water partition coefficient (Wildman–Crippen LogP) is 2.59. The van der Waals surface area contributed by atoms with Crippen LogP contribution >= 0.6 is 0 Å². The van der Waals surface area contributed by atoms with E-state index >= 15 is 0 Å². The van der Waals surface area contributed by atoms with Crippen molar-refractivity contribution in [3.05, 3.63) is 64.0 Å². The average molecular weight is 244 g/mol. The molecule has 1 heterocycles. The lowest BCUT2D eigenvalue weighted by Gasteiger charge is -2.03. The van der Waals surface area contributed by atoms with Crippen molar-refractivity contribution in [2.75, 3.05) is 7.11 Å². The van der Waals surface area contributed by atoms with Gasteiger partial charge in [-0.3, -0.25) is 15.1 Å². The quantitative estimate of drug-likeness (QED) is 0.612. The van der Waals surface area contributed by atoms with Crippen molar-refractivity contribution in [3.8, 4) is 5.75 Å². The van der Waals surface area contributed by atoms with Crippen LogP contribution in [-0.2, 0) is 6.42 Å². The summed E-state index contributed by atoms with van der Waals surface area (Å²) < 4.78 is 5.07. The molecule has 0 fully saturated rings. The van der Waals surface area contributed by atoms with E-state index in [9.17, 15) is 10.1 Å². The number of rotatable bonds is 4. The molecule has 0 bridgehead atoms. The average Bonchev–Trinajstić information content (AvgIpc) is 2.40. The van der Waals surface area contributed by atoms with Crippen molar-refractivity contribution in [2.24, 2.45) is 0 Å². The molecule has 1 aromatic carbocycles. The lowest BCUT2D eigenvalue weighted by atomic mass is 10.1. The van der Waals surface area contributed by atoms with Gasteiger partial charge in [0.05, 0.1) is 12.0 Å². The summed E-state index contributed by atoms with van der Waals surface area (Å²) >= 11 is 0. The molecular weight excluding hydrogens is 232 g/mol. The van der Waals surface area contributed by atoms with E-state index in [1.54, 1.807) is 13.2 Å². The largest absolute Gasteiger partial charge is 0.497 e. The van der Waals surface area contributed by atoms with Crippen molar-refractivity contribution >= 4 is 5.69 Å². The third-order valence-electron chi connectivity index (χ3n) is 2.56. The summed E-state index contributed by atoms with van der Waals surface area (Å²) in [6, 6.07) is 10.8. The van der Waals surface area contributed by atoms with Gasteiger partial charge < -0.3 is 4.74 Å². The summed E-state index contributed by atoms with van der Waals surface area (Å²) in [5.41, 5.74) is 1.89. The first-order valence-electron chi connectivity index (χ1n) is 5.41. The van der Waals surface area contributed by atoms with E-state index in [0.717, 1.165) is 17.0 Å². The van der Waals surface area contributed by atoms with Gasteiger partial charge in [0.25, 0.3) is 5.69 Å². The van der Waals surface area contributed by atoms with Crippen molar-refractivity contribution in [1.82, 2.24) is 4.98 Å². The van der Waals surface area contributed by atoms with Gasteiger partial charge in [0.1, 0.15) is 11.9 Å². The molecular formula is C13H12N2O3. The number of ether oxygens (including phenoxy) is 1. The van der Waals surface area contributed by atoms with Gasteiger partial charge in [-0.15, -0.1) is 0 Å². The Balaban J connectivity index is 2.10. The molecule has 1 aromatic heterocycles. The molecule has 0 saturated carbocycles. The molecule has 0 saturated heterocycles. The van der Waals surface area contributed by atoms with Crippen LogP contribution in [0.5, 0.6) is 5.75 Å². The summed E-state index contributed by atoms with van der Waals surface area (Å²) in [5.74, 6) is 0.801. The Kier molecular flexibility index (Phi) is 3.52. The van der Waals surface area contributed by atoms with E-state index in [0.29, 0.717) is 6.42 Å². The minimum absolute atomic E-state index is 0.00785. The number of methoxy groups -OCH3 is 1. The molecule has 5 heteroatoms. The number of hydrogen-bond donors (Lipinski definition) is 0. The maximum absolute atomic E-state index is 10.5. The molecule has 92 valence electrons. The van der Waals surface area contributed by atoms with Gasteiger partial charge in [-0.05, 0) is 23.8 Å². The first-order valence-corrected chi connectivity index (χ1v) is 5.41. The number of pyridine rings is 1. The van der Waals surface area contributed by atoms with Crippen molar-refractivity contribution in [2.45, 2.75) is 6.42 Å². The minimum Gasteiger partial charge on any atom is -0.497 e. The minimum atomic E-state index is -0.454. The van der Waals surface area contributed by atoms with Crippen molar-refractivity contribution in [3.63, 3.8) is 0 Å². The number of hydrogen-bond acceptors (Lipinski definition) is 4. The summed E-state index contributed by atoms with van der Waals surface area (Å²) in [6.07, 6.45) is 1.92. The lowest BCUT2D eigenvalue weighted by Crippen LogP contribution is -1.94. The SMILES string of the molecule is COc1ccc(Cc2ccc([N+](=O)[O-])cn2)cc1. The smallest absolute Gasteiger partial charge is 0.287 e. The Hall–Kier alpha value is -2.43. The summed E-state index contributed by atoms with van der Waals surface area (Å²) in [7, 11) is 1.62. The highest BCUT2D eigenvalue weighted by atomic mass is 16.6.